The molecule has 0 atom stereocenters. The largest absolute Gasteiger partial charge is 0.385 e. The maximum atomic E-state index is 3.50. The smallest absolute Gasteiger partial charge is 0.0367 e. The Morgan fingerprint density at radius 1 is 0.810 bits per heavy atom. The summed E-state index contributed by atoms with van der Waals surface area (Å²) >= 11 is 0. The van der Waals surface area contributed by atoms with Crippen molar-refractivity contribution >= 4 is 11.4 Å². The number of nitrogens with one attached hydrogen (secondary N) is 1. The molecule has 1 aliphatic rings. The summed E-state index contributed by atoms with van der Waals surface area (Å²) in [6.45, 7) is 3.40. The summed E-state index contributed by atoms with van der Waals surface area (Å²) in [6, 6.07) is 19.5. The van der Waals surface area contributed by atoms with Gasteiger partial charge in [0.05, 0.1) is 0 Å². The predicted octanol–water partition coefficient (Wildman–Crippen LogP) is 4.33. The van der Waals surface area contributed by atoms with Crippen molar-refractivity contribution in [1.29, 1.82) is 0 Å². The van der Waals surface area contributed by atoms with E-state index in [1.165, 1.54) is 49.3 Å². The lowest BCUT2D eigenvalue weighted by atomic mass is 10.1. The van der Waals surface area contributed by atoms with Gasteiger partial charge in [-0.25, -0.2) is 0 Å². The summed E-state index contributed by atoms with van der Waals surface area (Å²) in [4.78, 5) is 2.50. The Kier molecular flexibility index (Phi) is 4.78. The van der Waals surface area contributed by atoms with E-state index in [4.69, 9.17) is 0 Å². The average molecular weight is 280 g/mol. The number of hydrogen-bond donors (Lipinski definition) is 1. The zero-order valence-electron chi connectivity index (χ0n) is 12.6. The summed E-state index contributed by atoms with van der Waals surface area (Å²) in [5.41, 5.74) is 3.96. The fraction of sp³-hybridized carbons (Fsp3) is 0.368. The second kappa shape index (κ2) is 7.16. The third kappa shape index (κ3) is 4.01. The van der Waals surface area contributed by atoms with E-state index in [1.807, 2.05) is 0 Å². The molecule has 1 saturated heterocycles. The van der Waals surface area contributed by atoms with Crippen molar-refractivity contribution in [3.63, 3.8) is 0 Å². The highest BCUT2D eigenvalue weighted by molar-refractivity contribution is 5.55. The zero-order valence-corrected chi connectivity index (χ0v) is 12.6. The van der Waals surface area contributed by atoms with Gasteiger partial charge in [0.25, 0.3) is 0 Å². The Bertz CT molecular complexity index is 527. The van der Waals surface area contributed by atoms with Gasteiger partial charge < -0.3 is 10.2 Å². The number of hydrogen-bond acceptors (Lipinski definition) is 2. The van der Waals surface area contributed by atoms with Crippen molar-refractivity contribution in [2.75, 3.05) is 29.9 Å². The first-order chi connectivity index (χ1) is 10.4. The molecule has 21 heavy (non-hydrogen) atoms. The van der Waals surface area contributed by atoms with Crippen LogP contribution in [0.15, 0.2) is 54.6 Å². The van der Waals surface area contributed by atoms with Crippen LogP contribution >= 0.6 is 0 Å². The second-order valence-corrected chi connectivity index (χ2v) is 5.76. The van der Waals surface area contributed by atoms with Crippen molar-refractivity contribution in [1.82, 2.24) is 0 Å². The summed E-state index contributed by atoms with van der Waals surface area (Å²) in [5, 5.41) is 3.50. The topological polar surface area (TPSA) is 15.3 Å². The minimum Gasteiger partial charge on any atom is -0.385 e. The molecule has 1 N–H and O–H groups in total. The number of benzene rings is 2. The Morgan fingerprint density at radius 2 is 1.52 bits per heavy atom. The van der Waals surface area contributed by atoms with Crippen LogP contribution in [0.5, 0.6) is 0 Å². The molecule has 0 saturated carbocycles. The summed E-state index contributed by atoms with van der Waals surface area (Å²) in [6.07, 6.45) is 5.11. The average Bonchev–Trinajstić information content (AvgIpc) is 2.57. The SMILES string of the molecule is c1ccc(CCNc2ccc(N3CCCCC3)cc2)cc1. The lowest BCUT2D eigenvalue weighted by Crippen LogP contribution is -2.29. The molecule has 0 bridgehead atoms. The lowest BCUT2D eigenvalue weighted by molar-refractivity contribution is 0.578. The summed E-state index contributed by atoms with van der Waals surface area (Å²) < 4.78 is 0. The van der Waals surface area contributed by atoms with Crippen molar-refractivity contribution in [3.05, 3.63) is 60.2 Å². The molecule has 2 aromatic carbocycles. The molecule has 0 radical (unpaired) electrons. The zero-order chi connectivity index (χ0) is 14.3. The van der Waals surface area contributed by atoms with E-state index >= 15 is 0 Å². The van der Waals surface area contributed by atoms with Gasteiger partial charge >= 0.3 is 0 Å². The standard InChI is InChI=1S/C19H24N2/c1-3-7-17(8-4-1)13-14-20-18-9-11-19(12-10-18)21-15-5-2-6-16-21/h1,3-4,7-12,20H,2,5-6,13-16H2. The first-order valence-electron chi connectivity index (χ1n) is 8.05. The number of piperidine rings is 1. The maximum Gasteiger partial charge on any atom is 0.0367 e. The highest BCUT2D eigenvalue weighted by Crippen LogP contribution is 2.21. The van der Waals surface area contributed by atoms with Gasteiger partial charge in [-0.1, -0.05) is 30.3 Å². The van der Waals surface area contributed by atoms with Crippen LogP contribution in [0.2, 0.25) is 0 Å². The third-order valence-corrected chi connectivity index (χ3v) is 4.17. The Balaban J connectivity index is 1.50. The highest BCUT2D eigenvalue weighted by Gasteiger charge is 2.10. The van der Waals surface area contributed by atoms with E-state index in [1.54, 1.807) is 0 Å². The quantitative estimate of drug-likeness (QED) is 0.877. The predicted molar refractivity (Wildman–Crippen MR) is 91.1 cm³/mol. The Hall–Kier alpha value is -1.96. The van der Waals surface area contributed by atoms with Crippen LogP contribution in [0.25, 0.3) is 0 Å². The normalized spacial score (nSPS) is 15.0. The first kappa shape index (κ1) is 14.0. The molecule has 0 spiro atoms. The monoisotopic (exact) mass is 280 g/mol. The van der Waals surface area contributed by atoms with Gasteiger partial charge in [0, 0.05) is 31.0 Å². The van der Waals surface area contributed by atoms with Crippen molar-refractivity contribution < 1.29 is 0 Å². The first-order valence-corrected chi connectivity index (χ1v) is 8.05. The summed E-state index contributed by atoms with van der Waals surface area (Å²) in [7, 11) is 0. The molecule has 0 aromatic heterocycles. The fourth-order valence-electron chi connectivity index (χ4n) is 2.94. The minimum absolute atomic E-state index is 0.979. The van der Waals surface area contributed by atoms with E-state index < -0.39 is 0 Å². The van der Waals surface area contributed by atoms with Gasteiger partial charge in [-0.05, 0) is 55.5 Å². The van der Waals surface area contributed by atoms with Crippen LogP contribution in [0.4, 0.5) is 11.4 Å². The van der Waals surface area contributed by atoms with Gasteiger partial charge in [-0.2, -0.15) is 0 Å². The number of anilines is 2. The number of nitrogens with zero attached hydrogens (tertiary/aromatic N) is 1. The van der Waals surface area contributed by atoms with E-state index in [9.17, 15) is 0 Å². The lowest BCUT2D eigenvalue weighted by Gasteiger charge is -2.28. The molecular formula is C19H24N2. The highest BCUT2D eigenvalue weighted by atomic mass is 15.1. The molecule has 0 unspecified atom stereocenters. The molecule has 1 fully saturated rings. The summed E-state index contributed by atoms with van der Waals surface area (Å²) in [5.74, 6) is 0. The molecule has 2 aromatic rings. The van der Waals surface area contributed by atoms with Gasteiger partial charge in [-0.15, -0.1) is 0 Å². The molecule has 3 rings (SSSR count). The van der Waals surface area contributed by atoms with Crippen LogP contribution in [0.1, 0.15) is 24.8 Å². The van der Waals surface area contributed by atoms with Crippen LogP contribution < -0.4 is 10.2 Å². The van der Waals surface area contributed by atoms with Gasteiger partial charge in [0.1, 0.15) is 0 Å². The van der Waals surface area contributed by atoms with E-state index in [0.717, 1.165) is 13.0 Å². The second-order valence-electron chi connectivity index (χ2n) is 5.76. The minimum atomic E-state index is 0.979. The third-order valence-electron chi connectivity index (χ3n) is 4.17. The van der Waals surface area contributed by atoms with Crippen molar-refractivity contribution in [3.8, 4) is 0 Å². The van der Waals surface area contributed by atoms with Crippen LogP contribution in [-0.2, 0) is 6.42 Å². The fourth-order valence-corrected chi connectivity index (χ4v) is 2.94. The van der Waals surface area contributed by atoms with E-state index in [0.29, 0.717) is 0 Å². The molecule has 110 valence electrons. The molecule has 0 aliphatic carbocycles. The van der Waals surface area contributed by atoms with Gasteiger partial charge in [0.2, 0.25) is 0 Å². The van der Waals surface area contributed by atoms with Gasteiger partial charge in [0.15, 0.2) is 0 Å². The molecular weight excluding hydrogens is 256 g/mol. The van der Waals surface area contributed by atoms with Crippen LogP contribution in [0, 0.1) is 0 Å². The van der Waals surface area contributed by atoms with Gasteiger partial charge in [-0.3, -0.25) is 0 Å². The van der Waals surface area contributed by atoms with Crippen LogP contribution in [0.3, 0.4) is 0 Å². The molecule has 1 heterocycles. The van der Waals surface area contributed by atoms with Crippen molar-refractivity contribution in [2.45, 2.75) is 25.7 Å². The Morgan fingerprint density at radius 3 is 2.24 bits per heavy atom. The Labute approximate surface area is 127 Å². The molecule has 2 nitrogen and oxygen atoms in total. The molecule has 0 amide bonds. The van der Waals surface area contributed by atoms with E-state index in [-0.39, 0.29) is 0 Å². The van der Waals surface area contributed by atoms with Crippen LogP contribution in [-0.4, -0.2) is 19.6 Å². The molecule has 2 heteroatoms. The maximum absolute atomic E-state index is 3.50. The molecule has 1 aliphatic heterocycles. The van der Waals surface area contributed by atoms with E-state index in [2.05, 4.69) is 64.8 Å². The van der Waals surface area contributed by atoms with Crippen molar-refractivity contribution in [2.24, 2.45) is 0 Å². The number of rotatable bonds is 5.